The van der Waals surface area contributed by atoms with Gasteiger partial charge in [-0.3, -0.25) is 9.97 Å². The van der Waals surface area contributed by atoms with Crippen molar-refractivity contribution in [2.45, 2.75) is 6.92 Å². The van der Waals surface area contributed by atoms with Gasteiger partial charge in [0.25, 0.3) is 0 Å². The van der Waals surface area contributed by atoms with E-state index >= 15 is 0 Å². The largest absolute Gasteiger partial charge is 0.422 e. The van der Waals surface area contributed by atoms with Gasteiger partial charge in [-0.2, -0.15) is 0 Å². The van der Waals surface area contributed by atoms with Crippen LogP contribution in [-0.4, -0.2) is 9.97 Å². The first-order valence-electron chi connectivity index (χ1n) is 20.4. The molecule has 0 amide bonds. The summed E-state index contributed by atoms with van der Waals surface area (Å²) >= 11 is 1.59. The molecular weight excluding hydrogens is 785 g/mol. The minimum Gasteiger partial charge on any atom is -0.422 e. The average Bonchev–Trinajstić information content (AvgIpc) is 3.80. The topological polar surface area (TPSA) is 86.2 Å². The lowest BCUT2D eigenvalue weighted by atomic mass is 9.90. The minimum atomic E-state index is -0.439. The quantitative estimate of drug-likeness (QED) is 0.127. The van der Waals surface area contributed by atoms with Crippen molar-refractivity contribution in [1.29, 1.82) is 0 Å². The van der Waals surface area contributed by atoms with Gasteiger partial charge in [0.05, 0.1) is 34.9 Å². The molecule has 62 heavy (non-hydrogen) atoms. The standard InChI is InChI=1S/C55H32N2O4S/c1-31-51-35-12-4-2-10-32(35)24-25-48(51)60-55(59)52(31)47-30-56-46(29-57-47)43-20-8-16-39-37(14-6-18-41(39)43)38-15-7-19-42-40(38)17-9-21-44(42)49-26-27-50(62-49)45-28-34-23-22-33-11-3-5-13-36(33)53(34)61-54(45)58/h2-30H,1H3. The number of aromatic nitrogens is 2. The Hall–Kier alpha value is -8.00. The summed E-state index contributed by atoms with van der Waals surface area (Å²) in [6.45, 7) is 1.95. The van der Waals surface area contributed by atoms with Crippen LogP contribution < -0.4 is 11.3 Å². The van der Waals surface area contributed by atoms with Crippen molar-refractivity contribution in [1.82, 2.24) is 9.97 Å². The molecule has 0 N–H and O–H groups in total. The molecule has 12 aromatic rings. The van der Waals surface area contributed by atoms with Crippen LogP contribution in [0.2, 0.25) is 0 Å². The summed E-state index contributed by atoms with van der Waals surface area (Å²) in [7, 11) is 0. The van der Waals surface area contributed by atoms with Crippen molar-refractivity contribution in [2.75, 3.05) is 0 Å². The van der Waals surface area contributed by atoms with Crippen LogP contribution in [0.4, 0.5) is 0 Å². The minimum absolute atomic E-state index is 0.346. The summed E-state index contributed by atoms with van der Waals surface area (Å²) in [6, 6.07) is 55.5. The zero-order valence-electron chi connectivity index (χ0n) is 33.2. The maximum Gasteiger partial charge on any atom is 0.346 e. The van der Waals surface area contributed by atoms with E-state index in [-0.39, 0.29) is 5.63 Å². The first kappa shape index (κ1) is 35.9. The van der Waals surface area contributed by atoms with Gasteiger partial charge < -0.3 is 8.83 Å². The van der Waals surface area contributed by atoms with Crippen LogP contribution in [0.3, 0.4) is 0 Å². The molecule has 4 aromatic heterocycles. The number of benzene rings is 8. The second-order valence-electron chi connectivity index (χ2n) is 15.6. The van der Waals surface area contributed by atoms with E-state index in [1.807, 2.05) is 79.7 Å². The third kappa shape index (κ3) is 5.63. The SMILES string of the molecule is Cc1c(-c2cnc(-c3cccc4c(-c5cccc6c(-c7ccc(-c8cc9ccc%10ccccc%10c9oc8=O)s7)cccc56)cccc34)cn2)c(=O)oc2ccc3ccccc3c12. The van der Waals surface area contributed by atoms with Gasteiger partial charge >= 0.3 is 11.3 Å². The summed E-state index contributed by atoms with van der Waals surface area (Å²) in [6.07, 6.45) is 3.41. The van der Waals surface area contributed by atoms with E-state index < -0.39 is 5.63 Å². The fourth-order valence-corrected chi connectivity index (χ4v) is 10.3. The van der Waals surface area contributed by atoms with Crippen molar-refractivity contribution >= 4 is 76.4 Å². The van der Waals surface area contributed by atoms with Gasteiger partial charge in [-0.25, -0.2) is 9.59 Å². The normalized spacial score (nSPS) is 11.8. The summed E-state index contributed by atoms with van der Waals surface area (Å²) in [4.78, 5) is 38.4. The molecule has 8 aromatic carbocycles. The van der Waals surface area contributed by atoms with E-state index in [2.05, 4.69) is 91.0 Å². The fourth-order valence-electron chi connectivity index (χ4n) is 9.22. The molecule has 0 saturated heterocycles. The molecule has 0 fully saturated rings. The number of nitrogens with zero attached hydrogens (tertiary/aromatic N) is 2. The average molecular weight is 817 g/mol. The summed E-state index contributed by atoms with van der Waals surface area (Å²) < 4.78 is 11.8. The molecule has 0 radical (unpaired) electrons. The monoisotopic (exact) mass is 816 g/mol. The third-order valence-corrected chi connectivity index (χ3v) is 13.3. The maximum absolute atomic E-state index is 13.5. The smallest absolute Gasteiger partial charge is 0.346 e. The van der Waals surface area contributed by atoms with Crippen LogP contribution in [0.25, 0.3) is 120 Å². The molecule has 12 rings (SSSR count). The van der Waals surface area contributed by atoms with E-state index in [0.717, 1.165) is 91.4 Å². The Kier molecular flexibility index (Phi) is 8.14. The van der Waals surface area contributed by atoms with Crippen LogP contribution in [0, 0.1) is 6.92 Å². The zero-order chi connectivity index (χ0) is 41.5. The van der Waals surface area contributed by atoms with Crippen molar-refractivity contribution in [3.63, 3.8) is 0 Å². The second-order valence-corrected chi connectivity index (χ2v) is 16.6. The van der Waals surface area contributed by atoms with E-state index in [1.165, 1.54) is 0 Å². The number of hydrogen-bond acceptors (Lipinski definition) is 7. The molecule has 0 unspecified atom stereocenters. The van der Waals surface area contributed by atoms with Crippen LogP contribution in [0.5, 0.6) is 0 Å². The predicted octanol–water partition coefficient (Wildman–Crippen LogP) is 14.0. The van der Waals surface area contributed by atoms with Gasteiger partial charge in [0.15, 0.2) is 0 Å². The zero-order valence-corrected chi connectivity index (χ0v) is 34.0. The van der Waals surface area contributed by atoms with Gasteiger partial charge in [-0.1, -0.05) is 140 Å². The molecular formula is C55H32N2O4S. The van der Waals surface area contributed by atoms with Crippen molar-refractivity contribution in [3.8, 4) is 54.5 Å². The number of rotatable bonds is 5. The summed E-state index contributed by atoms with van der Waals surface area (Å²) in [5.74, 6) is 0. The first-order valence-corrected chi connectivity index (χ1v) is 21.2. The lowest BCUT2D eigenvalue weighted by Gasteiger charge is -2.14. The molecule has 0 spiro atoms. The Morgan fingerprint density at radius 3 is 1.68 bits per heavy atom. The molecule has 7 heteroatoms. The second kappa shape index (κ2) is 14.0. The molecule has 0 aliphatic heterocycles. The van der Waals surface area contributed by atoms with Crippen molar-refractivity contribution in [2.24, 2.45) is 0 Å². The third-order valence-electron chi connectivity index (χ3n) is 12.1. The van der Waals surface area contributed by atoms with E-state index in [4.69, 9.17) is 18.8 Å². The highest BCUT2D eigenvalue weighted by Crippen LogP contribution is 2.42. The number of hydrogen-bond donors (Lipinski definition) is 0. The van der Waals surface area contributed by atoms with Crippen LogP contribution >= 0.6 is 11.3 Å². The van der Waals surface area contributed by atoms with Crippen LogP contribution in [0.15, 0.2) is 195 Å². The van der Waals surface area contributed by atoms with E-state index in [1.54, 1.807) is 23.7 Å². The molecule has 0 aliphatic carbocycles. The number of fused-ring (bicyclic) bond motifs is 8. The van der Waals surface area contributed by atoms with Gasteiger partial charge in [-0.05, 0) is 91.1 Å². The van der Waals surface area contributed by atoms with Gasteiger partial charge in [0.1, 0.15) is 11.2 Å². The van der Waals surface area contributed by atoms with Gasteiger partial charge in [0, 0.05) is 31.5 Å². The Morgan fingerprint density at radius 2 is 0.968 bits per heavy atom. The molecule has 292 valence electrons. The molecule has 0 aliphatic rings. The highest BCUT2D eigenvalue weighted by atomic mass is 32.1. The maximum atomic E-state index is 13.5. The number of thiophene rings is 1. The van der Waals surface area contributed by atoms with Gasteiger partial charge in [0.2, 0.25) is 0 Å². The highest BCUT2D eigenvalue weighted by Gasteiger charge is 2.19. The Morgan fingerprint density at radius 1 is 0.435 bits per heavy atom. The first-order chi connectivity index (χ1) is 30.5. The molecule has 4 heterocycles. The van der Waals surface area contributed by atoms with Crippen molar-refractivity contribution < 1.29 is 8.83 Å². The summed E-state index contributed by atoms with van der Waals surface area (Å²) in [5.41, 5.74) is 7.57. The lowest BCUT2D eigenvalue weighted by molar-refractivity contribution is 0.562. The Bertz CT molecular complexity index is 3940. The lowest BCUT2D eigenvalue weighted by Crippen LogP contribution is -2.07. The van der Waals surface area contributed by atoms with Crippen LogP contribution in [0.1, 0.15) is 5.56 Å². The highest BCUT2D eigenvalue weighted by molar-refractivity contribution is 7.18. The molecule has 0 bridgehead atoms. The Balaban J connectivity index is 0.914. The Labute approximate surface area is 357 Å². The molecule has 0 saturated carbocycles. The fraction of sp³-hybridized carbons (Fsp3) is 0.0182. The summed E-state index contributed by atoms with van der Waals surface area (Å²) in [5, 5.41) is 10.2. The number of aryl methyl sites for hydroxylation is 1. The van der Waals surface area contributed by atoms with Gasteiger partial charge in [-0.15, -0.1) is 11.3 Å². The molecule has 0 atom stereocenters. The van der Waals surface area contributed by atoms with Crippen molar-refractivity contribution in [3.05, 3.63) is 203 Å². The van der Waals surface area contributed by atoms with E-state index in [0.29, 0.717) is 33.7 Å². The predicted molar refractivity (Wildman–Crippen MR) is 254 cm³/mol. The molecule has 6 nitrogen and oxygen atoms in total. The van der Waals surface area contributed by atoms with E-state index in [9.17, 15) is 9.59 Å². The van der Waals surface area contributed by atoms with Crippen LogP contribution in [-0.2, 0) is 0 Å².